The quantitative estimate of drug-likeness (QED) is 0.0169. The molecule has 0 aliphatic carbocycles. The van der Waals surface area contributed by atoms with Crippen LogP contribution in [0.4, 0.5) is 0 Å². The lowest BCUT2D eigenvalue weighted by atomic mass is 9.99. The molecule has 7 atom stereocenters. The summed E-state index contributed by atoms with van der Waals surface area (Å²) < 4.78 is 68.6. The van der Waals surface area contributed by atoms with Crippen LogP contribution in [0.15, 0.2) is 24.3 Å². The molecule has 0 amide bonds. The van der Waals surface area contributed by atoms with Crippen molar-refractivity contribution in [1.29, 1.82) is 0 Å². The van der Waals surface area contributed by atoms with E-state index < -0.39 is 97.5 Å². The summed E-state index contributed by atoms with van der Waals surface area (Å²) in [5.41, 5.74) is 0. The van der Waals surface area contributed by atoms with E-state index in [0.29, 0.717) is 31.6 Å². The second-order valence-corrected chi connectivity index (χ2v) is 32.3. The average molecular weight is 1460 g/mol. The van der Waals surface area contributed by atoms with Crippen LogP contribution in [0, 0.1) is 17.8 Å². The largest absolute Gasteiger partial charge is 0.472 e. The molecule has 0 spiro atoms. The van der Waals surface area contributed by atoms with Gasteiger partial charge in [0.05, 0.1) is 26.4 Å². The van der Waals surface area contributed by atoms with Gasteiger partial charge in [-0.05, 0) is 69.1 Å². The van der Waals surface area contributed by atoms with Crippen LogP contribution >= 0.6 is 15.6 Å². The first kappa shape index (κ1) is 97.5. The maximum atomic E-state index is 13.1. The minimum atomic E-state index is -4.97. The average Bonchev–Trinajstić information content (AvgIpc) is 1.37. The molecule has 0 heterocycles. The van der Waals surface area contributed by atoms with Gasteiger partial charge in [0.2, 0.25) is 0 Å². The Morgan fingerprint density at radius 3 is 0.890 bits per heavy atom. The number of esters is 4. The molecule has 0 aromatic rings. The number of hydrogen-bond acceptors (Lipinski definition) is 15. The minimum absolute atomic E-state index is 0.0839. The smallest absolute Gasteiger partial charge is 0.462 e. The minimum Gasteiger partial charge on any atom is -0.462 e. The number of hydrogen-bond donors (Lipinski definition) is 3. The summed E-state index contributed by atoms with van der Waals surface area (Å²) in [6.45, 7) is 11.9. The second-order valence-electron chi connectivity index (χ2n) is 29.4. The number of allylic oxidation sites excluding steroid dienone is 4. The summed E-state index contributed by atoms with van der Waals surface area (Å²) in [7, 11) is -9.93. The van der Waals surface area contributed by atoms with Crippen LogP contribution in [0.3, 0.4) is 0 Å². The lowest BCUT2D eigenvalue weighted by Crippen LogP contribution is -2.30. The molecule has 0 aliphatic heterocycles. The second kappa shape index (κ2) is 70.8. The van der Waals surface area contributed by atoms with Crippen LogP contribution in [0.2, 0.25) is 0 Å². The lowest BCUT2D eigenvalue weighted by Gasteiger charge is -2.21. The highest BCUT2D eigenvalue weighted by atomic mass is 31.2. The summed E-state index contributed by atoms with van der Waals surface area (Å²) in [6, 6.07) is 0. The van der Waals surface area contributed by atoms with Crippen molar-refractivity contribution in [2.75, 3.05) is 39.6 Å². The Kier molecular flexibility index (Phi) is 69.1. The predicted molar refractivity (Wildman–Crippen MR) is 409 cm³/mol. The Hall–Kier alpha value is -2.46. The highest BCUT2D eigenvalue weighted by Gasteiger charge is 2.30. The van der Waals surface area contributed by atoms with Gasteiger partial charge in [0.1, 0.15) is 19.3 Å². The van der Waals surface area contributed by atoms with Gasteiger partial charge in [-0.3, -0.25) is 37.3 Å². The van der Waals surface area contributed by atoms with Gasteiger partial charge in [0.15, 0.2) is 12.2 Å². The molecular weight excluding hydrogens is 1310 g/mol. The molecule has 0 aromatic carbocycles. The Labute approximate surface area is 612 Å². The van der Waals surface area contributed by atoms with Crippen molar-refractivity contribution < 1.29 is 80.2 Å². The monoisotopic (exact) mass is 1460 g/mol. The molecule has 0 radical (unpaired) electrons. The molecule has 0 bridgehead atoms. The van der Waals surface area contributed by atoms with E-state index in [1.54, 1.807) is 0 Å². The number of unbranched alkanes of at least 4 members (excludes halogenated alkanes) is 40. The topological polar surface area (TPSA) is 237 Å². The van der Waals surface area contributed by atoms with Gasteiger partial charge in [-0.15, -0.1) is 0 Å². The normalized spacial score (nSPS) is 14.7. The van der Waals surface area contributed by atoms with Crippen LogP contribution < -0.4 is 0 Å². The fourth-order valence-corrected chi connectivity index (χ4v) is 13.5. The van der Waals surface area contributed by atoms with E-state index in [9.17, 15) is 43.2 Å². The number of aliphatic hydroxyl groups excluding tert-OH is 1. The standard InChI is InChI=1S/C81H154O17P2/c1-8-11-12-13-14-15-16-17-18-26-31-36-41-50-57-65-81(86)98-77(69-92-79(84)63-56-49-44-43-45-52-59-72(4)5)71-96-100(89,90)94-67-75(82)66-93-99(87,88)95-70-76(97-80(85)64-58-51-42-37-32-27-22-20-24-29-34-39-47-54-61-74(7)10-3)68-91-78(83)62-55-48-40-35-30-25-21-19-23-28-33-38-46-53-60-73(6)9-2/h15-18,72-77,82H,8-14,19-71H2,1-7H3,(H,87,88)(H,89,90)/b16-15-,18-17-/t73?,74?,75-,76-,77-/m1/s1. The van der Waals surface area contributed by atoms with Crippen molar-refractivity contribution in [3.63, 3.8) is 0 Å². The Morgan fingerprint density at radius 1 is 0.330 bits per heavy atom. The highest BCUT2D eigenvalue weighted by molar-refractivity contribution is 7.47. The van der Waals surface area contributed by atoms with E-state index in [-0.39, 0.29) is 25.7 Å². The first-order valence-electron chi connectivity index (χ1n) is 41.2. The number of rotatable bonds is 77. The summed E-state index contributed by atoms with van der Waals surface area (Å²) in [5.74, 6) is 0.225. The highest BCUT2D eigenvalue weighted by Crippen LogP contribution is 2.45. The number of ether oxygens (including phenoxy) is 4. The summed E-state index contributed by atoms with van der Waals surface area (Å²) in [4.78, 5) is 73.0. The van der Waals surface area contributed by atoms with Gasteiger partial charge in [-0.25, -0.2) is 9.13 Å². The Morgan fingerprint density at radius 2 is 0.590 bits per heavy atom. The van der Waals surface area contributed by atoms with E-state index in [4.69, 9.17) is 37.0 Å². The predicted octanol–water partition coefficient (Wildman–Crippen LogP) is 23.7. The first-order valence-corrected chi connectivity index (χ1v) is 44.2. The van der Waals surface area contributed by atoms with E-state index in [0.717, 1.165) is 121 Å². The first-order chi connectivity index (χ1) is 48.3. The van der Waals surface area contributed by atoms with E-state index in [2.05, 4.69) is 72.8 Å². The zero-order valence-electron chi connectivity index (χ0n) is 65.2. The van der Waals surface area contributed by atoms with Crippen molar-refractivity contribution in [2.24, 2.45) is 17.8 Å². The molecule has 0 saturated carbocycles. The number of phosphoric ester groups is 2. The maximum Gasteiger partial charge on any atom is 0.472 e. The Bertz CT molecular complexity index is 2040. The fraction of sp³-hybridized carbons (Fsp3) is 0.901. The SMILES string of the molecule is CCCCCC/C=C\C=C/CCCCCCCC(=O)O[C@H](COC(=O)CCCCCCCCC(C)C)COP(=O)(O)OC[C@H](O)COP(=O)(O)OC[C@@H](COC(=O)CCCCCCCCCCCCCCCCC(C)CC)OC(=O)CCCCCCCCCCCCCCCCC(C)CC. The van der Waals surface area contributed by atoms with Crippen molar-refractivity contribution >= 4 is 39.5 Å². The lowest BCUT2D eigenvalue weighted by molar-refractivity contribution is -0.161. The van der Waals surface area contributed by atoms with Gasteiger partial charge in [0.25, 0.3) is 0 Å². The molecule has 3 N–H and O–H groups in total. The van der Waals surface area contributed by atoms with Gasteiger partial charge in [-0.1, -0.05) is 342 Å². The Balaban J connectivity index is 5.27. The van der Waals surface area contributed by atoms with Crippen LogP contribution in [0.5, 0.6) is 0 Å². The third kappa shape index (κ3) is 71.2. The summed E-state index contributed by atoms with van der Waals surface area (Å²) >= 11 is 0. The van der Waals surface area contributed by atoms with Gasteiger partial charge in [0, 0.05) is 25.7 Å². The van der Waals surface area contributed by atoms with Crippen molar-refractivity contribution in [2.45, 2.75) is 414 Å². The number of carbonyl (C=O) groups excluding carboxylic acids is 4. The molecule has 19 heteroatoms. The molecular formula is C81H154O17P2. The molecule has 0 fully saturated rings. The van der Waals surface area contributed by atoms with Crippen molar-refractivity contribution in [3.05, 3.63) is 24.3 Å². The third-order valence-electron chi connectivity index (χ3n) is 19.0. The number of aliphatic hydroxyl groups is 1. The van der Waals surface area contributed by atoms with Crippen LogP contribution in [-0.2, 0) is 65.4 Å². The summed E-state index contributed by atoms with van der Waals surface area (Å²) in [5, 5.41) is 10.6. The van der Waals surface area contributed by atoms with Gasteiger partial charge in [-0.2, -0.15) is 0 Å². The van der Waals surface area contributed by atoms with Crippen molar-refractivity contribution in [3.8, 4) is 0 Å². The van der Waals surface area contributed by atoms with Crippen molar-refractivity contribution in [1.82, 2.24) is 0 Å². The molecule has 590 valence electrons. The van der Waals surface area contributed by atoms with Crippen LogP contribution in [0.1, 0.15) is 395 Å². The van der Waals surface area contributed by atoms with Crippen LogP contribution in [-0.4, -0.2) is 96.7 Å². The molecule has 0 rings (SSSR count). The molecule has 17 nitrogen and oxygen atoms in total. The zero-order chi connectivity index (χ0) is 73.7. The molecule has 0 aromatic heterocycles. The number of phosphoric acid groups is 2. The summed E-state index contributed by atoms with van der Waals surface area (Å²) in [6.07, 6.45) is 61.9. The van der Waals surface area contributed by atoms with Gasteiger partial charge < -0.3 is 33.8 Å². The maximum absolute atomic E-state index is 13.1. The van der Waals surface area contributed by atoms with Crippen LogP contribution in [0.25, 0.3) is 0 Å². The van der Waals surface area contributed by atoms with Gasteiger partial charge >= 0.3 is 39.5 Å². The fourth-order valence-electron chi connectivity index (χ4n) is 11.9. The molecule has 0 aliphatic rings. The molecule has 0 saturated heterocycles. The number of carbonyl (C=O) groups is 4. The zero-order valence-corrected chi connectivity index (χ0v) is 66.9. The molecule has 4 unspecified atom stereocenters. The van der Waals surface area contributed by atoms with E-state index >= 15 is 0 Å². The van der Waals surface area contributed by atoms with E-state index in [1.165, 1.54) is 186 Å². The van der Waals surface area contributed by atoms with E-state index in [1.807, 2.05) is 0 Å². The third-order valence-corrected chi connectivity index (χ3v) is 20.9. The molecule has 100 heavy (non-hydrogen) atoms.